The predicted molar refractivity (Wildman–Crippen MR) is 14.4 cm³/mol. The maximum atomic E-state index is 4.81. The first-order valence-electron chi connectivity index (χ1n) is 1.76. The molecule has 0 aromatic rings. The third kappa shape index (κ3) is 0.102. The molecule has 2 heteroatoms. The number of hydrogen-bond acceptors (Lipinski definition) is 2. The first-order valence-corrected chi connectivity index (χ1v) is 1.76. The van der Waals surface area contributed by atoms with E-state index in [0.29, 0.717) is 0 Å². The Morgan fingerprint density at radius 2 is 1.40 bits per heavy atom. The van der Waals surface area contributed by atoms with Crippen LogP contribution in [0.2, 0.25) is 0 Å². The average molecular weight is 72.1 g/mol. The molecule has 0 aromatic heterocycles. The minimum Gasteiger partial charge on any atom is -0.323 e. The molecule has 28 valence electrons. The van der Waals surface area contributed by atoms with Gasteiger partial charge in [0.1, 0.15) is 0 Å². The average Bonchev–Trinajstić information content (AvgIpc) is 0.592. The zero-order chi connectivity index (χ0) is 3.28. The van der Waals surface area contributed by atoms with Gasteiger partial charge >= 0.3 is 0 Å². The Balaban J connectivity index is 2.19. The van der Waals surface area contributed by atoms with Gasteiger partial charge in [0.05, 0.1) is 6.42 Å². The summed E-state index contributed by atoms with van der Waals surface area (Å²) >= 11 is 0. The molecule has 3 rings (SSSR count). The SMILES string of the molecule is C1C2OC1O2. The van der Waals surface area contributed by atoms with E-state index >= 15 is 0 Å². The van der Waals surface area contributed by atoms with Crippen LogP contribution in [-0.4, -0.2) is 12.6 Å². The molecule has 0 saturated carbocycles. The van der Waals surface area contributed by atoms with Gasteiger partial charge in [0.15, 0.2) is 12.6 Å². The molecule has 2 nitrogen and oxygen atoms in total. The van der Waals surface area contributed by atoms with Crippen LogP contribution in [-0.2, 0) is 9.47 Å². The lowest BCUT2D eigenvalue weighted by molar-refractivity contribution is -0.484. The fourth-order valence-corrected chi connectivity index (χ4v) is 0.484. The standard InChI is InChI=1S/C3H4O2/c1-2-4-3(1)5-2/h2-3H,1H2. The van der Waals surface area contributed by atoms with E-state index in [1.165, 1.54) is 0 Å². The van der Waals surface area contributed by atoms with E-state index in [1.807, 2.05) is 0 Å². The second kappa shape index (κ2) is 0.420. The molecule has 3 aliphatic rings. The van der Waals surface area contributed by atoms with Gasteiger partial charge in [0.2, 0.25) is 0 Å². The highest BCUT2D eigenvalue weighted by atomic mass is 16.9. The molecule has 5 heavy (non-hydrogen) atoms. The van der Waals surface area contributed by atoms with Crippen LogP contribution < -0.4 is 0 Å². The summed E-state index contributed by atoms with van der Waals surface area (Å²) in [6, 6.07) is 0. The van der Waals surface area contributed by atoms with Crippen LogP contribution in [0.1, 0.15) is 6.42 Å². The van der Waals surface area contributed by atoms with E-state index < -0.39 is 0 Å². The summed E-state index contributed by atoms with van der Waals surface area (Å²) in [6.07, 6.45) is 1.56. The van der Waals surface area contributed by atoms with Crippen molar-refractivity contribution in [2.24, 2.45) is 0 Å². The topological polar surface area (TPSA) is 18.5 Å². The normalized spacial score (nSPS) is 57.6. The highest BCUT2D eigenvalue weighted by molar-refractivity contribution is 4.73. The van der Waals surface area contributed by atoms with E-state index in [2.05, 4.69) is 0 Å². The first kappa shape index (κ1) is 2.16. The van der Waals surface area contributed by atoms with Crippen molar-refractivity contribution in [3.8, 4) is 0 Å². The summed E-state index contributed by atoms with van der Waals surface area (Å²) in [5.41, 5.74) is 0. The minimum absolute atomic E-state index is 0.208. The molecule has 0 aliphatic carbocycles. The molecule has 0 spiro atoms. The highest BCUT2D eigenvalue weighted by Gasteiger charge is 2.45. The van der Waals surface area contributed by atoms with Crippen LogP contribution in [0.4, 0.5) is 0 Å². The summed E-state index contributed by atoms with van der Waals surface area (Å²) in [4.78, 5) is 0. The molecular weight excluding hydrogens is 68.0 g/mol. The maximum Gasteiger partial charge on any atom is 0.168 e. The Bertz CT molecular complexity index is 41.6. The van der Waals surface area contributed by atoms with Crippen LogP contribution in [0.25, 0.3) is 0 Å². The van der Waals surface area contributed by atoms with Crippen molar-refractivity contribution in [2.45, 2.75) is 19.0 Å². The van der Waals surface area contributed by atoms with Crippen molar-refractivity contribution in [2.75, 3.05) is 0 Å². The van der Waals surface area contributed by atoms with Crippen molar-refractivity contribution in [1.29, 1.82) is 0 Å². The lowest BCUT2D eigenvalue weighted by Crippen LogP contribution is -2.55. The highest BCUT2D eigenvalue weighted by Crippen LogP contribution is 2.35. The van der Waals surface area contributed by atoms with Gasteiger partial charge in [-0.25, -0.2) is 0 Å². The summed E-state index contributed by atoms with van der Waals surface area (Å²) < 4.78 is 9.61. The third-order valence-corrected chi connectivity index (χ3v) is 0.992. The molecule has 2 bridgehead atoms. The monoisotopic (exact) mass is 72.0 g/mol. The Morgan fingerprint density at radius 3 is 1.40 bits per heavy atom. The van der Waals surface area contributed by atoms with Gasteiger partial charge in [0, 0.05) is 0 Å². The summed E-state index contributed by atoms with van der Waals surface area (Å²) in [6.45, 7) is 0. The lowest BCUT2D eigenvalue weighted by atomic mass is 10.2. The van der Waals surface area contributed by atoms with Gasteiger partial charge in [-0.1, -0.05) is 0 Å². The Hall–Kier alpha value is -0.0800. The van der Waals surface area contributed by atoms with Gasteiger partial charge in [-0.05, 0) is 0 Å². The van der Waals surface area contributed by atoms with Crippen LogP contribution in [0.15, 0.2) is 0 Å². The Morgan fingerprint density at radius 1 is 1.20 bits per heavy atom. The van der Waals surface area contributed by atoms with Gasteiger partial charge in [-0.15, -0.1) is 0 Å². The summed E-state index contributed by atoms with van der Waals surface area (Å²) in [5.74, 6) is 0. The first-order chi connectivity index (χ1) is 2.45. The van der Waals surface area contributed by atoms with Crippen molar-refractivity contribution in [1.82, 2.24) is 0 Å². The second-order valence-electron chi connectivity index (χ2n) is 1.37. The van der Waals surface area contributed by atoms with Crippen molar-refractivity contribution < 1.29 is 9.47 Å². The zero-order valence-electron chi connectivity index (χ0n) is 2.68. The number of rotatable bonds is 0. The van der Waals surface area contributed by atoms with Crippen LogP contribution in [0, 0.1) is 0 Å². The predicted octanol–water partition coefficient (Wildman–Crippen LogP) is 0.0891. The molecule has 3 heterocycles. The molecule has 3 saturated heterocycles. The van der Waals surface area contributed by atoms with E-state index in [4.69, 9.17) is 9.47 Å². The van der Waals surface area contributed by atoms with Crippen molar-refractivity contribution in [3.05, 3.63) is 0 Å². The van der Waals surface area contributed by atoms with Crippen molar-refractivity contribution >= 4 is 0 Å². The zero-order valence-corrected chi connectivity index (χ0v) is 2.68. The van der Waals surface area contributed by atoms with Crippen LogP contribution in [0.3, 0.4) is 0 Å². The van der Waals surface area contributed by atoms with E-state index in [9.17, 15) is 0 Å². The van der Waals surface area contributed by atoms with E-state index in [0.717, 1.165) is 6.42 Å². The summed E-state index contributed by atoms with van der Waals surface area (Å²) in [7, 11) is 0. The van der Waals surface area contributed by atoms with Crippen LogP contribution in [0.5, 0.6) is 0 Å². The van der Waals surface area contributed by atoms with E-state index in [-0.39, 0.29) is 12.6 Å². The molecule has 0 aromatic carbocycles. The molecule has 0 N–H and O–H groups in total. The molecule has 0 atom stereocenters. The van der Waals surface area contributed by atoms with E-state index in [1.54, 1.807) is 0 Å². The third-order valence-electron chi connectivity index (χ3n) is 0.992. The Kier molecular flexibility index (Phi) is 0.181. The molecule has 0 amide bonds. The molecule has 0 unspecified atom stereocenters. The number of hydrogen-bond donors (Lipinski definition) is 0. The molecule has 3 fully saturated rings. The largest absolute Gasteiger partial charge is 0.323 e. The van der Waals surface area contributed by atoms with Gasteiger partial charge in [0.25, 0.3) is 0 Å². The lowest BCUT2D eigenvalue weighted by Gasteiger charge is -2.48. The van der Waals surface area contributed by atoms with Gasteiger partial charge in [-0.2, -0.15) is 0 Å². The fourth-order valence-electron chi connectivity index (χ4n) is 0.484. The smallest absolute Gasteiger partial charge is 0.168 e. The van der Waals surface area contributed by atoms with Gasteiger partial charge < -0.3 is 9.47 Å². The Labute approximate surface area is 29.7 Å². The minimum atomic E-state index is 0.208. The summed E-state index contributed by atoms with van der Waals surface area (Å²) in [5, 5.41) is 0. The molecule has 0 radical (unpaired) electrons. The second-order valence-corrected chi connectivity index (χ2v) is 1.37. The van der Waals surface area contributed by atoms with Crippen molar-refractivity contribution in [3.63, 3.8) is 0 Å². The maximum absolute atomic E-state index is 4.81. The molecular formula is C3H4O2. The number of ether oxygens (including phenoxy) is 2. The quantitative estimate of drug-likeness (QED) is 0.403. The van der Waals surface area contributed by atoms with Gasteiger partial charge in [-0.3, -0.25) is 0 Å². The fraction of sp³-hybridized carbons (Fsp3) is 1.00. The molecule has 3 aliphatic heterocycles. The van der Waals surface area contributed by atoms with Crippen LogP contribution >= 0.6 is 0 Å².